The van der Waals surface area contributed by atoms with E-state index in [-0.39, 0.29) is 0 Å². The summed E-state index contributed by atoms with van der Waals surface area (Å²) in [5, 5.41) is 6.44. The van der Waals surface area contributed by atoms with Crippen molar-refractivity contribution in [2.45, 2.75) is 13.0 Å². The van der Waals surface area contributed by atoms with E-state index in [1.54, 1.807) is 12.1 Å². The minimum Gasteiger partial charge on any atom is -0.376 e. The van der Waals surface area contributed by atoms with Gasteiger partial charge in [-0.25, -0.2) is 4.79 Å². The lowest BCUT2D eigenvalue weighted by Gasteiger charge is -2.12. The number of anilines is 2. The van der Waals surface area contributed by atoms with Gasteiger partial charge in [-0.05, 0) is 30.2 Å². The van der Waals surface area contributed by atoms with E-state index >= 15 is 0 Å². The van der Waals surface area contributed by atoms with Gasteiger partial charge < -0.3 is 15.8 Å². The van der Waals surface area contributed by atoms with Crippen molar-refractivity contribution >= 4 is 57.2 Å². The highest BCUT2D eigenvalue weighted by atomic mass is 35.5. The number of thiophene rings is 1. The summed E-state index contributed by atoms with van der Waals surface area (Å²) in [6.45, 7) is 0.940. The van der Waals surface area contributed by atoms with Crippen molar-refractivity contribution in [1.29, 1.82) is 0 Å². The fourth-order valence-electron chi connectivity index (χ4n) is 2.42. The number of halogens is 2. The number of hydrogen-bond donors (Lipinski definition) is 3. The summed E-state index contributed by atoms with van der Waals surface area (Å²) in [5.74, 6) is -0.570. The van der Waals surface area contributed by atoms with Crippen LogP contribution in [0.5, 0.6) is 0 Å². The molecule has 1 aliphatic heterocycles. The Morgan fingerprint density at radius 3 is 2.71 bits per heavy atom. The maximum Gasteiger partial charge on any atom is 0.324 e. The number of carbonyl (C=O) groups excluding carboxylic acids is 2. The summed E-state index contributed by atoms with van der Waals surface area (Å²) in [6.07, 6.45) is 0.597. The number of fused-ring (bicyclic) bond motifs is 1. The van der Waals surface area contributed by atoms with Gasteiger partial charge in [0.1, 0.15) is 5.00 Å². The maximum absolute atomic E-state index is 12.2. The molecule has 126 valence electrons. The molecule has 0 aliphatic carbocycles. The first-order valence-electron chi connectivity index (χ1n) is 7.01. The molecule has 0 saturated heterocycles. The number of urea groups is 1. The molecule has 0 bridgehead atoms. The van der Waals surface area contributed by atoms with E-state index < -0.39 is 11.9 Å². The predicted octanol–water partition coefficient (Wildman–Crippen LogP) is 3.87. The molecule has 1 aromatic carbocycles. The highest BCUT2D eigenvalue weighted by molar-refractivity contribution is 7.17. The van der Waals surface area contributed by atoms with E-state index in [2.05, 4.69) is 10.6 Å². The second-order valence-corrected chi connectivity index (χ2v) is 7.00. The molecule has 2 aromatic rings. The molecule has 1 aliphatic rings. The second kappa shape index (κ2) is 6.98. The molecule has 6 nitrogen and oxygen atoms in total. The average molecular weight is 386 g/mol. The van der Waals surface area contributed by atoms with E-state index in [1.807, 2.05) is 0 Å². The number of amides is 3. The summed E-state index contributed by atoms with van der Waals surface area (Å²) in [5.41, 5.74) is 7.15. The number of ether oxygens (including phenoxy) is 1. The first-order chi connectivity index (χ1) is 11.5. The molecule has 3 rings (SSSR count). The Hall–Kier alpha value is -1.80. The minimum absolute atomic E-state index is 0.330. The molecule has 4 N–H and O–H groups in total. The standard InChI is InChI=1S/C15H13Cl2N3O3S/c16-9-2-1-7(5-10(9)17)19-15(22)20-14-12(13(18)21)8-3-4-23-6-11(8)24-14/h1-2,5H,3-4,6H2,(H2,18,21)(H2,19,20,22). The van der Waals surface area contributed by atoms with Gasteiger partial charge in [0.25, 0.3) is 5.91 Å². The van der Waals surface area contributed by atoms with Crippen LogP contribution < -0.4 is 16.4 Å². The van der Waals surface area contributed by atoms with Crippen molar-refractivity contribution in [3.63, 3.8) is 0 Å². The normalized spacial score (nSPS) is 13.2. The first kappa shape index (κ1) is 17.0. The van der Waals surface area contributed by atoms with Crippen LogP contribution in [0, 0.1) is 0 Å². The molecule has 0 atom stereocenters. The summed E-state index contributed by atoms with van der Waals surface area (Å²) < 4.78 is 5.37. The molecule has 0 fully saturated rings. The number of rotatable bonds is 3. The Kier molecular flexibility index (Phi) is 4.96. The van der Waals surface area contributed by atoms with Gasteiger partial charge in [0.2, 0.25) is 0 Å². The summed E-state index contributed by atoms with van der Waals surface area (Å²) in [4.78, 5) is 24.9. The minimum atomic E-state index is -0.570. The number of carbonyl (C=O) groups is 2. The average Bonchev–Trinajstić information content (AvgIpc) is 2.88. The number of primary amides is 1. The molecular formula is C15H13Cl2N3O3S. The van der Waals surface area contributed by atoms with Gasteiger partial charge in [-0.3, -0.25) is 10.1 Å². The monoisotopic (exact) mass is 385 g/mol. The van der Waals surface area contributed by atoms with Crippen LogP contribution in [0.1, 0.15) is 20.8 Å². The molecular weight excluding hydrogens is 373 g/mol. The molecule has 9 heteroatoms. The molecule has 0 saturated carbocycles. The van der Waals surface area contributed by atoms with E-state index in [0.717, 1.165) is 10.4 Å². The number of hydrogen-bond acceptors (Lipinski definition) is 4. The van der Waals surface area contributed by atoms with Crippen LogP contribution >= 0.6 is 34.5 Å². The van der Waals surface area contributed by atoms with E-state index in [9.17, 15) is 9.59 Å². The van der Waals surface area contributed by atoms with Gasteiger partial charge in [0, 0.05) is 10.6 Å². The Morgan fingerprint density at radius 2 is 2.00 bits per heavy atom. The van der Waals surface area contributed by atoms with Gasteiger partial charge in [-0.2, -0.15) is 0 Å². The van der Waals surface area contributed by atoms with Crippen LogP contribution in [0.3, 0.4) is 0 Å². The molecule has 0 spiro atoms. The van der Waals surface area contributed by atoms with Gasteiger partial charge >= 0.3 is 6.03 Å². The predicted molar refractivity (Wildman–Crippen MR) is 95.3 cm³/mol. The fourth-order valence-corrected chi connectivity index (χ4v) is 3.90. The topological polar surface area (TPSA) is 93.5 Å². The Balaban J connectivity index is 1.80. The van der Waals surface area contributed by atoms with Crippen LogP contribution in [0.4, 0.5) is 15.5 Å². The zero-order chi connectivity index (χ0) is 17.3. The zero-order valence-electron chi connectivity index (χ0n) is 12.3. The lowest BCUT2D eigenvalue weighted by atomic mass is 10.1. The van der Waals surface area contributed by atoms with Crippen molar-refractivity contribution in [3.05, 3.63) is 44.2 Å². The third-order valence-corrected chi connectivity index (χ3v) is 5.33. The van der Waals surface area contributed by atoms with Crippen LogP contribution in [0.25, 0.3) is 0 Å². The molecule has 2 heterocycles. The Labute approximate surface area is 151 Å². The van der Waals surface area contributed by atoms with Crippen molar-refractivity contribution in [2.24, 2.45) is 5.73 Å². The number of benzene rings is 1. The molecule has 1 aromatic heterocycles. The van der Waals surface area contributed by atoms with Crippen molar-refractivity contribution in [3.8, 4) is 0 Å². The second-order valence-electron chi connectivity index (χ2n) is 5.08. The van der Waals surface area contributed by atoms with Crippen molar-refractivity contribution < 1.29 is 14.3 Å². The lowest BCUT2D eigenvalue weighted by molar-refractivity contribution is 0.0991. The summed E-state index contributed by atoms with van der Waals surface area (Å²) in [7, 11) is 0. The maximum atomic E-state index is 12.2. The SMILES string of the molecule is NC(=O)c1c(NC(=O)Nc2ccc(Cl)c(Cl)c2)sc2c1CCOC2. The Morgan fingerprint density at radius 1 is 1.21 bits per heavy atom. The summed E-state index contributed by atoms with van der Waals surface area (Å²) in [6, 6.07) is 4.23. The van der Waals surface area contributed by atoms with Crippen LogP contribution in [-0.2, 0) is 17.8 Å². The zero-order valence-corrected chi connectivity index (χ0v) is 14.6. The van der Waals surface area contributed by atoms with E-state index in [4.69, 9.17) is 33.7 Å². The highest BCUT2D eigenvalue weighted by Gasteiger charge is 2.25. The highest BCUT2D eigenvalue weighted by Crippen LogP contribution is 2.36. The summed E-state index contributed by atoms with van der Waals surface area (Å²) >= 11 is 13.0. The van der Waals surface area contributed by atoms with Gasteiger partial charge in [0.15, 0.2) is 0 Å². The first-order valence-corrected chi connectivity index (χ1v) is 8.58. The third-order valence-electron chi connectivity index (χ3n) is 3.47. The molecule has 3 amide bonds. The number of nitrogens with one attached hydrogen (secondary N) is 2. The van der Waals surface area contributed by atoms with Gasteiger partial charge in [-0.15, -0.1) is 11.3 Å². The van der Waals surface area contributed by atoms with E-state index in [1.165, 1.54) is 17.4 Å². The van der Waals surface area contributed by atoms with Crippen LogP contribution in [0.15, 0.2) is 18.2 Å². The third kappa shape index (κ3) is 3.49. The smallest absolute Gasteiger partial charge is 0.324 e. The Bertz CT molecular complexity index is 823. The fraction of sp³-hybridized carbons (Fsp3) is 0.200. The van der Waals surface area contributed by atoms with Crippen LogP contribution in [-0.4, -0.2) is 18.5 Å². The largest absolute Gasteiger partial charge is 0.376 e. The van der Waals surface area contributed by atoms with Gasteiger partial charge in [-0.1, -0.05) is 23.2 Å². The van der Waals surface area contributed by atoms with Crippen molar-refractivity contribution in [1.82, 2.24) is 0 Å². The van der Waals surface area contributed by atoms with Gasteiger partial charge in [0.05, 0.1) is 28.8 Å². The lowest BCUT2D eigenvalue weighted by Crippen LogP contribution is -2.22. The van der Waals surface area contributed by atoms with Crippen molar-refractivity contribution in [2.75, 3.05) is 17.2 Å². The number of nitrogens with two attached hydrogens (primary N) is 1. The molecule has 0 radical (unpaired) electrons. The van der Waals surface area contributed by atoms with Crippen LogP contribution in [0.2, 0.25) is 10.0 Å². The molecule has 0 unspecified atom stereocenters. The van der Waals surface area contributed by atoms with E-state index in [0.29, 0.717) is 45.9 Å². The quantitative estimate of drug-likeness (QED) is 0.748. The molecule has 24 heavy (non-hydrogen) atoms.